The molecule has 22 heavy (non-hydrogen) atoms. The lowest BCUT2D eigenvalue weighted by molar-refractivity contribution is 0.335. The van der Waals surface area contributed by atoms with Crippen molar-refractivity contribution in [1.29, 1.82) is 0 Å². The third-order valence-electron chi connectivity index (χ3n) is 3.47. The SMILES string of the molecule is CCOc1c(C)cc(S(=O)(=O)Nc2cccnc2)c(C)c1C. The van der Waals surface area contributed by atoms with Crippen molar-refractivity contribution in [2.45, 2.75) is 32.6 Å². The number of benzene rings is 1. The molecular weight excluding hydrogens is 300 g/mol. The minimum atomic E-state index is -3.67. The number of nitrogens with zero attached hydrogens (tertiary/aromatic N) is 1. The fourth-order valence-electron chi connectivity index (χ4n) is 2.30. The maximum absolute atomic E-state index is 12.6. The summed E-state index contributed by atoms with van der Waals surface area (Å²) in [5.41, 5.74) is 2.77. The van der Waals surface area contributed by atoms with Gasteiger partial charge in [0.05, 0.1) is 23.4 Å². The lowest BCUT2D eigenvalue weighted by Crippen LogP contribution is -2.15. The van der Waals surface area contributed by atoms with Gasteiger partial charge < -0.3 is 4.74 Å². The van der Waals surface area contributed by atoms with Gasteiger partial charge in [-0.3, -0.25) is 9.71 Å². The highest BCUT2D eigenvalue weighted by Gasteiger charge is 2.21. The predicted molar refractivity (Wildman–Crippen MR) is 86.9 cm³/mol. The van der Waals surface area contributed by atoms with Crippen LogP contribution in [0.4, 0.5) is 5.69 Å². The summed E-state index contributed by atoms with van der Waals surface area (Å²) in [4.78, 5) is 4.17. The molecule has 0 amide bonds. The highest BCUT2D eigenvalue weighted by Crippen LogP contribution is 2.31. The van der Waals surface area contributed by atoms with Crippen LogP contribution in [-0.2, 0) is 10.0 Å². The number of sulfonamides is 1. The van der Waals surface area contributed by atoms with Gasteiger partial charge in [-0.2, -0.15) is 0 Å². The maximum Gasteiger partial charge on any atom is 0.262 e. The molecule has 5 nitrogen and oxygen atoms in total. The molecule has 2 rings (SSSR count). The Morgan fingerprint density at radius 2 is 1.95 bits per heavy atom. The number of anilines is 1. The summed E-state index contributed by atoms with van der Waals surface area (Å²) in [6, 6.07) is 4.99. The lowest BCUT2D eigenvalue weighted by Gasteiger charge is -2.17. The highest BCUT2D eigenvalue weighted by molar-refractivity contribution is 7.92. The summed E-state index contributed by atoms with van der Waals surface area (Å²) in [5, 5.41) is 0. The molecule has 1 heterocycles. The normalized spacial score (nSPS) is 11.3. The second-order valence-electron chi connectivity index (χ2n) is 5.05. The molecule has 118 valence electrons. The van der Waals surface area contributed by atoms with Crippen LogP contribution in [0.25, 0.3) is 0 Å². The van der Waals surface area contributed by atoms with E-state index in [9.17, 15) is 8.42 Å². The molecule has 0 fully saturated rings. The zero-order valence-electron chi connectivity index (χ0n) is 13.2. The first-order valence-electron chi connectivity index (χ1n) is 7.03. The first-order valence-corrected chi connectivity index (χ1v) is 8.51. The quantitative estimate of drug-likeness (QED) is 0.918. The topological polar surface area (TPSA) is 68.3 Å². The van der Waals surface area contributed by atoms with Gasteiger partial charge in [0.25, 0.3) is 10.0 Å². The third kappa shape index (κ3) is 3.22. The zero-order chi connectivity index (χ0) is 16.3. The number of ether oxygens (including phenoxy) is 1. The summed E-state index contributed by atoms with van der Waals surface area (Å²) in [6.07, 6.45) is 3.06. The lowest BCUT2D eigenvalue weighted by atomic mass is 10.1. The van der Waals surface area contributed by atoms with Crippen LogP contribution in [0.1, 0.15) is 23.6 Å². The molecule has 0 bridgehead atoms. The molecule has 6 heteroatoms. The van der Waals surface area contributed by atoms with Gasteiger partial charge >= 0.3 is 0 Å². The van der Waals surface area contributed by atoms with Crippen LogP contribution in [-0.4, -0.2) is 20.0 Å². The summed E-state index contributed by atoms with van der Waals surface area (Å²) in [7, 11) is -3.67. The van der Waals surface area contributed by atoms with E-state index in [4.69, 9.17) is 4.74 Å². The number of pyridine rings is 1. The van der Waals surface area contributed by atoms with E-state index in [0.29, 0.717) is 17.9 Å². The van der Waals surface area contributed by atoms with E-state index in [2.05, 4.69) is 9.71 Å². The second-order valence-corrected chi connectivity index (χ2v) is 6.70. The summed E-state index contributed by atoms with van der Waals surface area (Å²) < 4.78 is 33.4. The molecule has 0 atom stereocenters. The third-order valence-corrected chi connectivity index (χ3v) is 4.98. The monoisotopic (exact) mass is 320 g/mol. The van der Waals surface area contributed by atoms with Crippen molar-refractivity contribution in [3.8, 4) is 5.75 Å². The van der Waals surface area contributed by atoms with Gasteiger partial charge in [-0.25, -0.2) is 8.42 Å². The molecule has 0 radical (unpaired) electrons. The van der Waals surface area contributed by atoms with Gasteiger partial charge in [0.15, 0.2) is 0 Å². The Bertz CT molecular complexity index is 772. The van der Waals surface area contributed by atoms with Crippen molar-refractivity contribution in [3.05, 3.63) is 47.3 Å². The maximum atomic E-state index is 12.6. The molecule has 0 aliphatic carbocycles. The summed E-state index contributed by atoms with van der Waals surface area (Å²) in [6.45, 7) is 7.95. The number of aromatic nitrogens is 1. The Morgan fingerprint density at radius 3 is 2.55 bits per heavy atom. The standard InChI is InChI=1S/C16H20N2O3S/c1-5-21-16-11(2)9-15(12(3)13(16)4)22(19,20)18-14-7-6-8-17-10-14/h6-10,18H,5H2,1-4H3. The Kier molecular flexibility index (Phi) is 4.71. The van der Waals surface area contributed by atoms with Gasteiger partial charge in [0.2, 0.25) is 0 Å². The van der Waals surface area contributed by atoms with E-state index in [1.807, 2.05) is 20.8 Å². The van der Waals surface area contributed by atoms with E-state index in [1.165, 1.54) is 6.20 Å². The minimum Gasteiger partial charge on any atom is -0.493 e. The van der Waals surface area contributed by atoms with Crippen molar-refractivity contribution in [2.24, 2.45) is 0 Å². The number of hydrogen-bond acceptors (Lipinski definition) is 4. The van der Waals surface area contributed by atoms with Gasteiger partial charge in [-0.15, -0.1) is 0 Å². The average molecular weight is 320 g/mol. The van der Waals surface area contributed by atoms with Crippen molar-refractivity contribution in [2.75, 3.05) is 11.3 Å². The summed E-state index contributed by atoms with van der Waals surface area (Å²) in [5.74, 6) is 0.750. The van der Waals surface area contributed by atoms with Crippen molar-refractivity contribution >= 4 is 15.7 Å². The summed E-state index contributed by atoms with van der Waals surface area (Å²) >= 11 is 0. The molecule has 0 saturated carbocycles. The zero-order valence-corrected chi connectivity index (χ0v) is 14.0. The van der Waals surface area contributed by atoms with Gasteiger partial charge in [-0.05, 0) is 62.6 Å². The Hall–Kier alpha value is -2.08. The Balaban J connectivity index is 2.48. The van der Waals surface area contributed by atoms with Crippen molar-refractivity contribution in [1.82, 2.24) is 4.98 Å². The molecular formula is C16H20N2O3S. The van der Waals surface area contributed by atoms with Crippen LogP contribution in [0.5, 0.6) is 5.75 Å². The van der Waals surface area contributed by atoms with E-state index >= 15 is 0 Å². The van der Waals surface area contributed by atoms with Crippen LogP contribution < -0.4 is 9.46 Å². The minimum absolute atomic E-state index is 0.259. The molecule has 0 spiro atoms. The first-order chi connectivity index (χ1) is 10.4. The second kappa shape index (κ2) is 6.36. The number of aryl methyl sites for hydroxylation is 1. The Labute approximate surface area is 131 Å². The molecule has 2 aromatic rings. The van der Waals surface area contributed by atoms with Crippen LogP contribution in [0, 0.1) is 20.8 Å². The van der Waals surface area contributed by atoms with Crippen LogP contribution in [0.3, 0.4) is 0 Å². The Morgan fingerprint density at radius 1 is 1.23 bits per heavy atom. The van der Waals surface area contributed by atoms with E-state index in [-0.39, 0.29) is 4.90 Å². The van der Waals surface area contributed by atoms with E-state index in [0.717, 1.165) is 16.9 Å². The van der Waals surface area contributed by atoms with Crippen molar-refractivity contribution < 1.29 is 13.2 Å². The number of rotatable bonds is 5. The molecule has 0 aliphatic heterocycles. The fraction of sp³-hybridized carbons (Fsp3) is 0.312. The van der Waals surface area contributed by atoms with E-state index in [1.54, 1.807) is 31.3 Å². The molecule has 1 N–H and O–H groups in total. The predicted octanol–water partition coefficient (Wildman–Crippen LogP) is 3.21. The number of nitrogens with one attached hydrogen (secondary N) is 1. The smallest absolute Gasteiger partial charge is 0.262 e. The number of hydrogen-bond donors (Lipinski definition) is 1. The van der Waals surface area contributed by atoms with Crippen LogP contribution in [0.2, 0.25) is 0 Å². The molecule has 1 aromatic heterocycles. The van der Waals surface area contributed by atoms with Gasteiger partial charge in [0.1, 0.15) is 5.75 Å². The van der Waals surface area contributed by atoms with Gasteiger partial charge in [0, 0.05) is 6.20 Å². The fourth-order valence-corrected chi connectivity index (χ4v) is 3.73. The molecule has 0 saturated heterocycles. The molecule has 0 unspecified atom stereocenters. The van der Waals surface area contributed by atoms with Crippen molar-refractivity contribution in [3.63, 3.8) is 0 Å². The van der Waals surface area contributed by atoms with E-state index < -0.39 is 10.0 Å². The highest BCUT2D eigenvalue weighted by atomic mass is 32.2. The molecule has 1 aromatic carbocycles. The largest absolute Gasteiger partial charge is 0.493 e. The van der Waals surface area contributed by atoms with Crippen LogP contribution >= 0.6 is 0 Å². The van der Waals surface area contributed by atoms with Gasteiger partial charge in [-0.1, -0.05) is 0 Å². The average Bonchev–Trinajstić information content (AvgIpc) is 2.47. The first kappa shape index (κ1) is 16.3. The van der Waals surface area contributed by atoms with Crippen LogP contribution in [0.15, 0.2) is 35.5 Å². The molecule has 0 aliphatic rings.